The van der Waals surface area contributed by atoms with Crippen LogP contribution in [-0.2, 0) is 0 Å². The summed E-state index contributed by atoms with van der Waals surface area (Å²) in [5.41, 5.74) is 16.3. The highest BCUT2D eigenvalue weighted by molar-refractivity contribution is 5.71. The summed E-state index contributed by atoms with van der Waals surface area (Å²) in [6.07, 6.45) is 0. The van der Waals surface area contributed by atoms with Crippen LogP contribution in [0.3, 0.4) is 0 Å². The summed E-state index contributed by atoms with van der Waals surface area (Å²) < 4.78 is 0. The fourth-order valence-electron chi connectivity index (χ4n) is 0.960. The minimum atomic E-state index is -0.554. The van der Waals surface area contributed by atoms with Crippen LogP contribution in [0.4, 0.5) is 22.1 Å². The summed E-state index contributed by atoms with van der Waals surface area (Å²) in [4.78, 5) is 14.3. The normalized spacial score (nSPS) is 9.60. The highest BCUT2D eigenvalue weighted by atomic mass is 16.2. The molecule has 1 heterocycles. The quantitative estimate of drug-likeness (QED) is 0.420. The molecule has 1 aromatic heterocycles. The summed E-state index contributed by atoms with van der Waals surface area (Å²) in [5, 5.41) is 5.39. The maximum atomic E-state index is 10.3. The van der Waals surface area contributed by atoms with Crippen molar-refractivity contribution in [3.8, 4) is 0 Å². The lowest BCUT2D eigenvalue weighted by atomic mass is 10.4. The molecule has 0 aliphatic rings. The Balaban J connectivity index is 2.38. The number of carbonyl (C=O) groups is 1. The summed E-state index contributed by atoms with van der Waals surface area (Å²) in [7, 11) is 0. The Labute approximate surface area is 87.0 Å². The van der Waals surface area contributed by atoms with Gasteiger partial charge in [-0.1, -0.05) is 0 Å². The second-order valence-electron chi connectivity index (χ2n) is 2.89. The van der Waals surface area contributed by atoms with Crippen LogP contribution in [0.2, 0.25) is 0 Å². The number of pyridine rings is 1. The van der Waals surface area contributed by atoms with Crippen molar-refractivity contribution in [3.63, 3.8) is 0 Å². The Hall–Kier alpha value is -2.18. The van der Waals surface area contributed by atoms with E-state index in [0.717, 1.165) is 0 Å². The van der Waals surface area contributed by atoms with E-state index >= 15 is 0 Å². The Kier molecular flexibility index (Phi) is 3.55. The van der Waals surface area contributed by atoms with Gasteiger partial charge in [0.15, 0.2) is 0 Å². The first-order valence-corrected chi connectivity index (χ1v) is 4.39. The first-order chi connectivity index (χ1) is 7.09. The highest BCUT2D eigenvalue weighted by Gasteiger charge is 1.98. The summed E-state index contributed by atoms with van der Waals surface area (Å²) >= 11 is 0. The molecule has 0 fully saturated rings. The average Bonchev–Trinajstić information content (AvgIpc) is 2.18. The van der Waals surface area contributed by atoms with E-state index in [4.69, 9.17) is 17.2 Å². The molecule has 8 N–H and O–H groups in total. The molecule has 82 valence electrons. The molecular formula is C8H14N6O. The second-order valence-corrected chi connectivity index (χ2v) is 2.89. The van der Waals surface area contributed by atoms with Gasteiger partial charge in [0.25, 0.3) is 0 Å². The first-order valence-electron chi connectivity index (χ1n) is 4.39. The van der Waals surface area contributed by atoms with E-state index in [2.05, 4.69) is 15.6 Å². The number of carbonyl (C=O) groups excluding carboxylic acids is 1. The number of primary amides is 1. The van der Waals surface area contributed by atoms with Crippen LogP contribution in [0.15, 0.2) is 12.1 Å². The number of nitrogen functional groups attached to an aromatic ring is 2. The van der Waals surface area contributed by atoms with Gasteiger partial charge in [-0.3, -0.25) is 0 Å². The van der Waals surface area contributed by atoms with Crippen LogP contribution in [0.5, 0.6) is 0 Å². The molecule has 1 rings (SSSR count). The third-order valence-electron chi connectivity index (χ3n) is 1.69. The zero-order chi connectivity index (χ0) is 11.3. The largest absolute Gasteiger partial charge is 0.396 e. The van der Waals surface area contributed by atoms with Crippen LogP contribution in [0.25, 0.3) is 0 Å². The van der Waals surface area contributed by atoms with Gasteiger partial charge in [-0.2, -0.15) is 0 Å². The molecule has 0 unspecified atom stereocenters. The number of hydrogen-bond acceptors (Lipinski definition) is 5. The van der Waals surface area contributed by atoms with E-state index in [1.165, 1.54) is 0 Å². The van der Waals surface area contributed by atoms with Gasteiger partial charge in [-0.25, -0.2) is 9.78 Å². The highest BCUT2D eigenvalue weighted by Crippen LogP contribution is 2.13. The van der Waals surface area contributed by atoms with E-state index in [1.54, 1.807) is 12.1 Å². The Bertz CT molecular complexity index is 353. The lowest BCUT2D eigenvalue weighted by Gasteiger charge is -2.07. The summed E-state index contributed by atoms with van der Waals surface area (Å²) in [6.45, 7) is 0.931. The number of urea groups is 1. The summed E-state index contributed by atoms with van der Waals surface area (Å²) in [6, 6.07) is 2.81. The number of anilines is 3. The van der Waals surface area contributed by atoms with Gasteiger partial charge in [-0.05, 0) is 12.1 Å². The zero-order valence-electron chi connectivity index (χ0n) is 8.16. The average molecular weight is 210 g/mol. The number of hydrogen-bond donors (Lipinski definition) is 5. The lowest BCUT2D eigenvalue weighted by Crippen LogP contribution is -2.33. The van der Waals surface area contributed by atoms with E-state index in [0.29, 0.717) is 24.6 Å². The number of nitrogens with two attached hydrogens (primary N) is 3. The van der Waals surface area contributed by atoms with Crippen LogP contribution < -0.4 is 27.8 Å². The van der Waals surface area contributed by atoms with Crippen molar-refractivity contribution in [2.75, 3.05) is 29.9 Å². The van der Waals surface area contributed by atoms with Crippen molar-refractivity contribution >= 4 is 23.4 Å². The number of nitrogens with one attached hydrogen (secondary N) is 2. The minimum Gasteiger partial charge on any atom is -0.396 e. The fourth-order valence-corrected chi connectivity index (χ4v) is 0.960. The van der Waals surface area contributed by atoms with Crippen molar-refractivity contribution < 1.29 is 4.79 Å². The van der Waals surface area contributed by atoms with Crippen LogP contribution in [0, 0.1) is 0 Å². The van der Waals surface area contributed by atoms with Gasteiger partial charge in [-0.15, -0.1) is 0 Å². The number of rotatable bonds is 4. The number of amides is 2. The van der Waals surface area contributed by atoms with Gasteiger partial charge in [0.2, 0.25) is 0 Å². The molecule has 0 aromatic carbocycles. The SMILES string of the molecule is NC(=O)NCCNc1ccc(N)c(N)n1. The number of aromatic nitrogens is 1. The van der Waals surface area contributed by atoms with E-state index < -0.39 is 6.03 Å². The van der Waals surface area contributed by atoms with Crippen molar-refractivity contribution in [1.82, 2.24) is 10.3 Å². The molecule has 0 spiro atoms. The molecule has 0 aliphatic carbocycles. The molecule has 0 radical (unpaired) electrons. The fraction of sp³-hybridized carbons (Fsp3) is 0.250. The van der Waals surface area contributed by atoms with Crippen LogP contribution in [-0.4, -0.2) is 24.1 Å². The van der Waals surface area contributed by atoms with Crippen LogP contribution >= 0.6 is 0 Å². The standard InChI is InChI=1S/C8H14N6O/c9-5-1-2-6(14-7(5)10)12-3-4-13-8(11)15/h1-2H,3-4,9H2,(H3,10,12,14)(H3,11,13,15). The van der Waals surface area contributed by atoms with E-state index in [1.807, 2.05) is 0 Å². The minimum absolute atomic E-state index is 0.280. The molecule has 7 nitrogen and oxygen atoms in total. The molecule has 7 heteroatoms. The third kappa shape index (κ3) is 3.59. The Morgan fingerprint density at radius 1 is 1.33 bits per heavy atom. The van der Waals surface area contributed by atoms with E-state index in [9.17, 15) is 4.79 Å². The maximum Gasteiger partial charge on any atom is 0.312 e. The molecule has 1 aromatic rings. The topological polar surface area (TPSA) is 132 Å². The van der Waals surface area contributed by atoms with Gasteiger partial charge in [0, 0.05) is 13.1 Å². The molecule has 0 saturated heterocycles. The second kappa shape index (κ2) is 4.89. The zero-order valence-corrected chi connectivity index (χ0v) is 8.16. The Morgan fingerprint density at radius 3 is 2.67 bits per heavy atom. The molecule has 0 saturated carbocycles. The van der Waals surface area contributed by atoms with Gasteiger partial charge < -0.3 is 27.8 Å². The van der Waals surface area contributed by atoms with Gasteiger partial charge >= 0.3 is 6.03 Å². The smallest absolute Gasteiger partial charge is 0.312 e. The molecule has 0 atom stereocenters. The van der Waals surface area contributed by atoms with Crippen molar-refractivity contribution in [3.05, 3.63) is 12.1 Å². The predicted octanol–water partition coefficient (Wildman–Crippen LogP) is -0.674. The number of nitrogens with zero attached hydrogens (tertiary/aromatic N) is 1. The Morgan fingerprint density at radius 2 is 2.07 bits per heavy atom. The van der Waals surface area contributed by atoms with Crippen molar-refractivity contribution in [1.29, 1.82) is 0 Å². The summed E-state index contributed by atoms with van der Waals surface area (Å²) in [5.74, 6) is 0.885. The molecule has 0 bridgehead atoms. The molecule has 0 aliphatic heterocycles. The van der Waals surface area contributed by atoms with Gasteiger partial charge in [0.05, 0.1) is 5.69 Å². The van der Waals surface area contributed by atoms with Crippen LogP contribution in [0.1, 0.15) is 0 Å². The third-order valence-corrected chi connectivity index (χ3v) is 1.69. The molecule has 2 amide bonds. The maximum absolute atomic E-state index is 10.3. The van der Waals surface area contributed by atoms with Crippen molar-refractivity contribution in [2.24, 2.45) is 5.73 Å². The molecule has 15 heavy (non-hydrogen) atoms. The van der Waals surface area contributed by atoms with Crippen molar-refractivity contribution in [2.45, 2.75) is 0 Å². The first kappa shape index (κ1) is 10.9. The monoisotopic (exact) mass is 210 g/mol. The van der Waals surface area contributed by atoms with Gasteiger partial charge in [0.1, 0.15) is 11.6 Å². The molecular weight excluding hydrogens is 196 g/mol. The van der Waals surface area contributed by atoms with E-state index in [-0.39, 0.29) is 5.82 Å². The predicted molar refractivity (Wildman–Crippen MR) is 59.1 cm³/mol. The lowest BCUT2D eigenvalue weighted by molar-refractivity contribution is 0.249.